The molecular weight excluding hydrogens is 198 g/mol. The molecule has 1 aromatic rings. The highest BCUT2D eigenvalue weighted by Crippen LogP contribution is 2.32. The first-order valence-electron chi connectivity index (χ1n) is 6.30. The third kappa shape index (κ3) is 1.76. The van der Waals surface area contributed by atoms with Crippen molar-refractivity contribution in [1.29, 1.82) is 0 Å². The molecule has 1 heterocycles. The smallest absolute Gasteiger partial charge is 0.0700 e. The number of hydrogen-bond acceptors (Lipinski definition) is 2. The van der Waals surface area contributed by atoms with Gasteiger partial charge in [-0.25, -0.2) is 0 Å². The van der Waals surface area contributed by atoms with E-state index in [9.17, 15) is 0 Å². The Morgan fingerprint density at radius 1 is 1.25 bits per heavy atom. The monoisotopic (exact) mass is 217 g/mol. The summed E-state index contributed by atoms with van der Waals surface area (Å²) in [5.74, 6) is 0. The number of aryl methyl sites for hydroxylation is 1. The van der Waals surface area contributed by atoms with E-state index in [0.717, 1.165) is 13.0 Å². The van der Waals surface area contributed by atoms with Crippen molar-refractivity contribution >= 4 is 0 Å². The number of rotatable bonds is 2. The SMILES string of the molecule is CC1OCCC1NC1CCc2ccccc21. The van der Waals surface area contributed by atoms with E-state index in [4.69, 9.17) is 4.74 Å². The van der Waals surface area contributed by atoms with Crippen molar-refractivity contribution in [3.8, 4) is 0 Å². The third-order valence-corrected chi connectivity index (χ3v) is 3.92. The Morgan fingerprint density at radius 3 is 2.94 bits per heavy atom. The van der Waals surface area contributed by atoms with E-state index < -0.39 is 0 Å². The van der Waals surface area contributed by atoms with Crippen molar-refractivity contribution < 1.29 is 4.74 Å². The number of nitrogens with one attached hydrogen (secondary N) is 1. The molecule has 2 heteroatoms. The van der Waals surface area contributed by atoms with Crippen molar-refractivity contribution in [3.05, 3.63) is 35.4 Å². The molecule has 86 valence electrons. The first-order valence-corrected chi connectivity index (χ1v) is 6.30. The van der Waals surface area contributed by atoms with Gasteiger partial charge in [0.2, 0.25) is 0 Å². The molecule has 0 amide bonds. The molecule has 1 saturated heterocycles. The number of fused-ring (bicyclic) bond motifs is 1. The van der Waals surface area contributed by atoms with Gasteiger partial charge in [-0.15, -0.1) is 0 Å². The molecule has 2 aliphatic rings. The van der Waals surface area contributed by atoms with E-state index in [2.05, 4.69) is 36.5 Å². The summed E-state index contributed by atoms with van der Waals surface area (Å²) in [4.78, 5) is 0. The molecule has 1 aromatic carbocycles. The minimum atomic E-state index is 0.368. The van der Waals surface area contributed by atoms with Crippen LogP contribution in [0.15, 0.2) is 24.3 Å². The molecular formula is C14H19NO. The van der Waals surface area contributed by atoms with Gasteiger partial charge in [0.1, 0.15) is 0 Å². The summed E-state index contributed by atoms with van der Waals surface area (Å²) >= 11 is 0. The Hall–Kier alpha value is -0.860. The molecule has 0 bridgehead atoms. The molecule has 1 N–H and O–H groups in total. The quantitative estimate of drug-likeness (QED) is 0.821. The summed E-state index contributed by atoms with van der Waals surface area (Å²) in [6.07, 6.45) is 3.98. The lowest BCUT2D eigenvalue weighted by Gasteiger charge is -2.22. The van der Waals surface area contributed by atoms with Crippen molar-refractivity contribution in [2.75, 3.05) is 6.61 Å². The molecule has 0 radical (unpaired) electrons. The van der Waals surface area contributed by atoms with Gasteiger partial charge in [0, 0.05) is 18.7 Å². The molecule has 16 heavy (non-hydrogen) atoms. The summed E-state index contributed by atoms with van der Waals surface area (Å²) in [6, 6.07) is 9.89. The summed E-state index contributed by atoms with van der Waals surface area (Å²) in [6.45, 7) is 3.08. The lowest BCUT2D eigenvalue weighted by molar-refractivity contribution is 0.111. The normalized spacial score (nSPS) is 32.9. The van der Waals surface area contributed by atoms with Gasteiger partial charge < -0.3 is 10.1 Å². The van der Waals surface area contributed by atoms with Crippen LogP contribution in [0.4, 0.5) is 0 Å². The maximum absolute atomic E-state index is 5.60. The van der Waals surface area contributed by atoms with E-state index in [1.807, 2.05) is 0 Å². The Morgan fingerprint density at radius 2 is 2.12 bits per heavy atom. The van der Waals surface area contributed by atoms with Crippen LogP contribution in [0.3, 0.4) is 0 Å². The van der Waals surface area contributed by atoms with Crippen molar-refractivity contribution in [2.24, 2.45) is 0 Å². The van der Waals surface area contributed by atoms with Crippen molar-refractivity contribution in [3.63, 3.8) is 0 Å². The Balaban J connectivity index is 1.73. The van der Waals surface area contributed by atoms with Crippen molar-refractivity contribution in [2.45, 2.75) is 44.4 Å². The van der Waals surface area contributed by atoms with Gasteiger partial charge in [-0.05, 0) is 37.3 Å². The molecule has 3 rings (SSSR count). The van der Waals surface area contributed by atoms with Gasteiger partial charge in [-0.3, -0.25) is 0 Å². The highest BCUT2D eigenvalue weighted by atomic mass is 16.5. The van der Waals surface area contributed by atoms with Crippen LogP contribution in [0.1, 0.15) is 36.9 Å². The van der Waals surface area contributed by atoms with Crippen LogP contribution in [0.5, 0.6) is 0 Å². The molecule has 0 saturated carbocycles. The molecule has 2 nitrogen and oxygen atoms in total. The zero-order valence-corrected chi connectivity index (χ0v) is 9.78. The molecule has 1 aliphatic carbocycles. The van der Waals surface area contributed by atoms with Gasteiger partial charge in [-0.1, -0.05) is 24.3 Å². The van der Waals surface area contributed by atoms with Crippen LogP contribution >= 0.6 is 0 Å². The van der Waals surface area contributed by atoms with Gasteiger partial charge in [0.15, 0.2) is 0 Å². The first-order chi connectivity index (χ1) is 7.84. The minimum absolute atomic E-state index is 0.368. The summed E-state index contributed by atoms with van der Waals surface area (Å²) in [5.41, 5.74) is 3.02. The average molecular weight is 217 g/mol. The van der Waals surface area contributed by atoms with E-state index in [1.165, 1.54) is 24.0 Å². The maximum Gasteiger partial charge on any atom is 0.0700 e. The largest absolute Gasteiger partial charge is 0.377 e. The molecule has 0 aromatic heterocycles. The van der Waals surface area contributed by atoms with Crippen LogP contribution in [0.2, 0.25) is 0 Å². The topological polar surface area (TPSA) is 21.3 Å². The zero-order valence-electron chi connectivity index (χ0n) is 9.78. The molecule has 1 aliphatic heterocycles. The van der Waals surface area contributed by atoms with Crippen LogP contribution in [0, 0.1) is 0 Å². The summed E-state index contributed by atoms with van der Waals surface area (Å²) in [7, 11) is 0. The molecule has 1 fully saturated rings. The highest BCUT2D eigenvalue weighted by Gasteiger charge is 2.29. The third-order valence-electron chi connectivity index (χ3n) is 3.92. The van der Waals surface area contributed by atoms with Gasteiger partial charge in [-0.2, -0.15) is 0 Å². The predicted octanol–water partition coefficient (Wildman–Crippen LogP) is 2.44. The molecule has 0 spiro atoms. The average Bonchev–Trinajstić information content (AvgIpc) is 2.88. The maximum atomic E-state index is 5.60. The fourth-order valence-corrected chi connectivity index (χ4v) is 2.94. The number of ether oxygens (including phenoxy) is 1. The van der Waals surface area contributed by atoms with E-state index in [-0.39, 0.29) is 0 Å². The van der Waals surface area contributed by atoms with E-state index in [1.54, 1.807) is 0 Å². The minimum Gasteiger partial charge on any atom is -0.377 e. The van der Waals surface area contributed by atoms with E-state index >= 15 is 0 Å². The molecule has 3 atom stereocenters. The lowest BCUT2D eigenvalue weighted by Crippen LogP contribution is -2.36. The van der Waals surface area contributed by atoms with Crippen LogP contribution in [0.25, 0.3) is 0 Å². The Labute approximate surface area is 97.0 Å². The number of benzene rings is 1. The predicted molar refractivity (Wildman–Crippen MR) is 64.5 cm³/mol. The second-order valence-electron chi connectivity index (χ2n) is 4.93. The second-order valence-corrected chi connectivity index (χ2v) is 4.93. The van der Waals surface area contributed by atoms with Gasteiger partial charge >= 0.3 is 0 Å². The van der Waals surface area contributed by atoms with Crippen LogP contribution in [-0.4, -0.2) is 18.8 Å². The fraction of sp³-hybridized carbons (Fsp3) is 0.571. The Bertz CT molecular complexity index is 377. The lowest BCUT2D eigenvalue weighted by atomic mass is 10.1. The standard InChI is InChI=1S/C14H19NO/c1-10-13(8-9-16-10)15-14-7-6-11-4-2-3-5-12(11)14/h2-5,10,13-15H,6-9H2,1H3. The zero-order chi connectivity index (χ0) is 11.0. The second kappa shape index (κ2) is 4.19. The molecule has 3 unspecified atom stereocenters. The first kappa shape index (κ1) is 10.3. The van der Waals surface area contributed by atoms with Crippen LogP contribution in [-0.2, 0) is 11.2 Å². The van der Waals surface area contributed by atoms with Gasteiger partial charge in [0.05, 0.1) is 6.10 Å². The highest BCUT2D eigenvalue weighted by molar-refractivity contribution is 5.34. The number of hydrogen-bond donors (Lipinski definition) is 1. The Kier molecular flexibility index (Phi) is 2.70. The van der Waals surface area contributed by atoms with Crippen molar-refractivity contribution in [1.82, 2.24) is 5.32 Å². The summed E-state index contributed by atoms with van der Waals surface area (Å²) < 4.78 is 5.60. The van der Waals surface area contributed by atoms with E-state index in [0.29, 0.717) is 18.2 Å². The summed E-state index contributed by atoms with van der Waals surface area (Å²) in [5, 5.41) is 3.76. The van der Waals surface area contributed by atoms with Gasteiger partial charge in [0.25, 0.3) is 0 Å². The van der Waals surface area contributed by atoms with Crippen LogP contribution < -0.4 is 5.32 Å². The fourth-order valence-electron chi connectivity index (χ4n) is 2.94.